The number of ether oxygens (including phenoxy) is 3. The lowest BCUT2D eigenvalue weighted by Gasteiger charge is -2.31. The fraction of sp³-hybridized carbons (Fsp3) is 0.400. The third-order valence-electron chi connectivity index (χ3n) is 8.69. The van der Waals surface area contributed by atoms with Gasteiger partial charge in [-0.1, -0.05) is 30.3 Å². The van der Waals surface area contributed by atoms with Crippen molar-refractivity contribution < 1.29 is 19.0 Å². The quantitative estimate of drug-likeness (QED) is 0.369. The summed E-state index contributed by atoms with van der Waals surface area (Å²) in [5.74, 6) is 0.811. The highest BCUT2D eigenvalue weighted by molar-refractivity contribution is 6.08. The van der Waals surface area contributed by atoms with Gasteiger partial charge in [-0.25, -0.2) is 0 Å². The number of carbonyl (C=O) groups excluding carboxylic acids is 1. The molecule has 42 heavy (non-hydrogen) atoms. The number of anilines is 2. The van der Waals surface area contributed by atoms with Crippen LogP contribution in [0.25, 0.3) is 17.2 Å². The molecule has 1 amide bonds. The Morgan fingerprint density at radius 2 is 1.52 bits per heavy atom. The van der Waals surface area contributed by atoms with Crippen molar-refractivity contribution in [3.8, 4) is 16.9 Å². The number of nitrogens with zero attached hydrogens (tertiary/aromatic N) is 3. The molecule has 0 saturated carbocycles. The maximum absolute atomic E-state index is 13.6. The first-order valence-electron chi connectivity index (χ1n) is 15.1. The molecule has 0 spiro atoms. The number of carbonyl (C=O) groups is 1. The van der Waals surface area contributed by atoms with Crippen molar-refractivity contribution in [2.75, 3.05) is 70.0 Å². The molecular formula is C35H41N3O4. The molecule has 7 heteroatoms. The van der Waals surface area contributed by atoms with Gasteiger partial charge in [-0.2, -0.15) is 0 Å². The molecule has 2 fully saturated rings. The predicted octanol–water partition coefficient (Wildman–Crippen LogP) is 5.63. The molecule has 7 nitrogen and oxygen atoms in total. The highest BCUT2D eigenvalue weighted by atomic mass is 16.5. The summed E-state index contributed by atoms with van der Waals surface area (Å²) in [6.07, 6.45) is 4.73. The molecule has 0 atom stereocenters. The molecule has 220 valence electrons. The van der Waals surface area contributed by atoms with Crippen molar-refractivity contribution in [3.05, 3.63) is 83.4 Å². The van der Waals surface area contributed by atoms with E-state index < -0.39 is 0 Å². The third-order valence-corrected chi connectivity index (χ3v) is 8.69. The summed E-state index contributed by atoms with van der Waals surface area (Å²) >= 11 is 0. The largest absolute Gasteiger partial charge is 0.493 e. The zero-order valence-corrected chi connectivity index (χ0v) is 24.8. The Bertz CT molecular complexity index is 1390. The summed E-state index contributed by atoms with van der Waals surface area (Å²) in [7, 11) is 4.04. The second-order valence-corrected chi connectivity index (χ2v) is 11.5. The Morgan fingerprint density at radius 3 is 2.26 bits per heavy atom. The molecule has 2 saturated heterocycles. The summed E-state index contributed by atoms with van der Waals surface area (Å²) in [5.41, 5.74) is 7.28. The Labute approximate surface area is 249 Å². The van der Waals surface area contributed by atoms with E-state index in [4.69, 9.17) is 14.2 Å². The molecule has 0 bridgehead atoms. The molecular weight excluding hydrogens is 526 g/mol. The minimum atomic E-state index is -0.00112. The number of likely N-dealkylation sites (N-methyl/N-ethyl adjacent to an activating group) is 1. The zero-order valence-electron chi connectivity index (χ0n) is 24.8. The number of fused-ring (bicyclic) bond motifs is 1. The topological polar surface area (TPSA) is 54.5 Å². The van der Waals surface area contributed by atoms with Crippen LogP contribution in [-0.4, -0.2) is 77.1 Å². The van der Waals surface area contributed by atoms with E-state index in [0.717, 1.165) is 92.6 Å². The van der Waals surface area contributed by atoms with Crippen molar-refractivity contribution in [2.45, 2.75) is 31.8 Å². The lowest BCUT2D eigenvalue weighted by atomic mass is 10.00. The Hall–Kier alpha value is -3.65. The van der Waals surface area contributed by atoms with Crippen molar-refractivity contribution >= 4 is 23.4 Å². The molecule has 3 aliphatic heterocycles. The fourth-order valence-electron chi connectivity index (χ4n) is 6.06. The molecule has 3 heterocycles. The Kier molecular flexibility index (Phi) is 8.89. The average molecular weight is 568 g/mol. The molecule has 3 aromatic carbocycles. The van der Waals surface area contributed by atoms with Crippen LogP contribution >= 0.6 is 0 Å². The first-order chi connectivity index (χ1) is 20.5. The molecule has 6 rings (SSSR count). The van der Waals surface area contributed by atoms with Crippen molar-refractivity contribution in [1.29, 1.82) is 0 Å². The summed E-state index contributed by atoms with van der Waals surface area (Å²) < 4.78 is 17.1. The number of morpholine rings is 1. The predicted molar refractivity (Wildman–Crippen MR) is 168 cm³/mol. The average Bonchev–Trinajstić information content (AvgIpc) is 3.27. The van der Waals surface area contributed by atoms with Crippen LogP contribution in [0.15, 0.2) is 72.3 Å². The van der Waals surface area contributed by atoms with Crippen LogP contribution in [0.5, 0.6) is 5.75 Å². The second kappa shape index (κ2) is 13.1. The van der Waals surface area contributed by atoms with E-state index >= 15 is 0 Å². The molecule has 0 N–H and O–H groups in total. The van der Waals surface area contributed by atoms with E-state index in [9.17, 15) is 4.79 Å². The number of rotatable bonds is 7. The van der Waals surface area contributed by atoms with E-state index in [0.29, 0.717) is 19.1 Å². The van der Waals surface area contributed by atoms with Crippen LogP contribution in [-0.2, 0) is 20.8 Å². The second-order valence-electron chi connectivity index (χ2n) is 11.5. The van der Waals surface area contributed by atoms with E-state index in [2.05, 4.69) is 65.4 Å². The van der Waals surface area contributed by atoms with Crippen LogP contribution in [0.3, 0.4) is 0 Å². The van der Waals surface area contributed by atoms with E-state index in [1.165, 1.54) is 11.3 Å². The molecule has 3 aromatic rings. The summed E-state index contributed by atoms with van der Waals surface area (Å²) in [4.78, 5) is 20.2. The van der Waals surface area contributed by atoms with Crippen LogP contribution in [0.1, 0.15) is 30.4 Å². The third kappa shape index (κ3) is 6.54. The molecule has 0 aliphatic carbocycles. The molecule has 0 unspecified atom stereocenters. The molecule has 0 radical (unpaired) electrons. The first-order valence-corrected chi connectivity index (χ1v) is 15.1. The number of benzene rings is 3. The van der Waals surface area contributed by atoms with Gasteiger partial charge >= 0.3 is 0 Å². The van der Waals surface area contributed by atoms with E-state index in [1.54, 1.807) is 4.90 Å². The summed E-state index contributed by atoms with van der Waals surface area (Å²) in [6, 6.07) is 23.8. The van der Waals surface area contributed by atoms with Gasteiger partial charge in [0, 0.05) is 74.9 Å². The summed E-state index contributed by atoms with van der Waals surface area (Å²) in [5, 5.41) is 0. The number of amides is 1. The summed E-state index contributed by atoms with van der Waals surface area (Å²) in [6.45, 7) is 6.44. The van der Waals surface area contributed by atoms with Crippen LogP contribution in [0.2, 0.25) is 0 Å². The standard InChI is InChI=1S/C35H41N3O4/c1-36(31-14-18-40-19-15-31)25-26-3-8-32(9-4-26)37(2)35(39)29-13-20-42-34-12-7-28(23-30(34)24-29)27-5-10-33(11-6-27)38-16-21-41-22-17-38/h3-12,23-24,31H,13-22,25H2,1-2H3. The normalized spacial score (nSPS) is 17.7. The maximum atomic E-state index is 13.6. The lowest BCUT2D eigenvalue weighted by molar-refractivity contribution is -0.115. The number of hydrogen-bond donors (Lipinski definition) is 0. The van der Waals surface area contributed by atoms with Crippen molar-refractivity contribution in [1.82, 2.24) is 4.90 Å². The Morgan fingerprint density at radius 1 is 0.833 bits per heavy atom. The first kappa shape index (κ1) is 28.5. The minimum Gasteiger partial charge on any atom is -0.493 e. The van der Waals surface area contributed by atoms with Gasteiger partial charge < -0.3 is 24.0 Å². The number of hydrogen-bond acceptors (Lipinski definition) is 6. The van der Waals surface area contributed by atoms with Gasteiger partial charge in [-0.15, -0.1) is 0 Å². The Balaban J connectivity index is 1.15. The monoisotopic (exact) mass is 567 g/mol. The SMILES string of the molecule is CN(C(=O)C1=Cc2cc(-c3ccc(N4CCOCC4)cc3)ccc2OCC1)c1ccc(CN(C)C2CCOCC2)cc1. The highest BCUT2D eigenvalue weighted by Gasteiger charge is 2.21. The molecule has 0 aromatic heterocycles. The lowest BCUT2D eigenvalue weighted by Crippen LogP contribution is -2.36. The molecule has 3 aliphatic rings. The van der Waals surface area contributed by atoms with Gasteiger partial charge in [0.05, 0.1) is 19.8 Å². The van der Waals surface area contributed by atoms with Crippen molar-refractivity contribution in [3.63, 3.8) is 0 Å². The smallest absolute Gasteiger partial charge is 0.254 e. The minimum absolute atomic E-state index is 0.00112. The van der Waals surface area contributed by atoms with Gasteiger partial charge in [0.1, 0.15) is 5.75 Å². The maximum Gasteiger partial charge on any atom is 0.254 e. The van der Waals surface area contributed by atoms with Crippen molar-refractivity contribution in [2.24, 2.45) is 0 Å². The van der Waals surface area contributed by atoms with Crippen LogP contribution in [0, 0.1) is 0 Å². The van der Waals surface area contributed by atoms with Crippen LogP contribution < -0.4 is 14.5 Å². The van der Waals surface area contributed by atoms with Gasteiger partial charge in [0.15, 0.2) is 0 Å². The van der Waals surface area contributed by atoms with Crippen LogP contribution in [0.4, 0.5) is 11.4 Å². The van der Waals surface area contributed by atoms with Gasteiger partial charge in [0.25, 0.3) is 5.91 Å². The van der Waals surface area contributed by atoms with Gasteiger partial charge in [-0.3, -0.25) is 9.69 Å². The fourth-order valence-corrected chi connectivity index (χ4v) is 6.06. The van der Waals surface area contributed by atoms with Gasteiger partial charge in [-0.05, 0) is 79.1 Å². The highest BCUT2D eigenvalue weighted by Crippen LogP contribution is 2.33. The van der Waals surface area contributed by atoms with Gasteiger partial charge in [0.2, 0.25) is 0 Å². The van der Waals surface area contributed by atoms with E-state index in [1.807, 2.05) is 31.3 Å². The zero-order chi connectivity index (χ0) is 28.9. The van der Waals surface area contributed by atoms with E-state index in [-0.39, 0.29) is 5.91 Å².